The Morgan fingerprint density at radius 3 is 2.28 bits per heavy atom. The number of nitrogens with zero attached hydrogens (tertiary/aromatic N) is 4. The van der Waals surface area contributed by atoms with E-state index in [0.717, 1.165) is 53.7 Å². The van der Waals surface area contributed by atoms with Crippen LogP contribution >= 0.6 is 11.8 Å². The third kappa shape index (κ3) is 3.77. The van der Waals surface area contributed by atoms with Crippen LogP contribution in [-0.2, 0) is 0 Å². The maximum absolute atomic E-state index is 13.0. The van der Waals surface area contributed by atoms with Crippen molar-refractivity contribution in [2.24, 2.45) is 0 Å². The van der Waals surface area contributed by atoms with Crippen molar-refractivity contribution in [3.63, 3.8) is 0 Å². The van der Waals surface area contributed by atoms with E-state index in [-0.39, 0.29) is 5.91 Å². The van der Waals surface area contributed by atoms with Crippen molar-refractivity contribution in [3.05, 3.63) is 71.5 Å². The lowest BCUT2D eigenvalue weighted by atomic mass is 10.1. The van der Waals surface area contributed by atoms with Gasteiger partial charge in [0.25, 0.3) is 5.91 Å². The second-order valence-electron chi connectivity index (χ2n) is 7.25. The highest BCUT2D eigenvalue weighted by Crippen LogP contribution is 2.28. The van der Waals surface area contributed by atoms with Gasteiger partial charge in [-0.05, 0) is 44.4 Å². The Morgan fingerprint density at radius 2 is 1.59 bits per heavy atom. The first-order valence-corrected chi connectivity index (χ1v) is 11.1. The van der Waals surface area contributed by atoms with Crippen LogP contribution < -0.4 is 4.90 Å². The molecule has 1 aliphatic rings. The van der Waals surface area contributed by atoms with Crippen molar-refractivity contribution in [1.82, 2.24) is 14.7 Å². The number of rotatable bonds is 4. The van der Waals surface area contributed by atoms with Gasteiger partial charge in [-0.1, -0.05) is 30.3 Å². The monoisotopic (exact) mass is 406 g/mol. The van der Waals surface area contributed by atoms with Crippen LogP contribution in [0.4, 0.5) is 5.69 Å². The number of aryl methyl sites for hydroxylation is 1. The van der Waals surface area contributed by atoms with E-state index in [9.17, 15) is 4.79 Å². The third-order valence-corrected chi connectivity index (χ3v) is 6.27. The van der Waals surface area contributed by atoms with Crippen molar-refractivity contribution in [1.29, 1.82) is 0 Å². The average Bonchev–Trinajstić information content (AvgIpc) is 3.08. The molecule has 1 amide bonds. The number of amides is 1. The van der Waals surface area contributed by atoms with Gasteiger partial charge in [-0.2, -0.15) is 5.10 Å². The largest absolute Gasteiger partial charge is 0.365 e. The first kappa shape index (κ1) is 19.6. The number of carbonyl (C=O) groups is 1. The summed E-state index contributed by atoms with van der Waals surface area (Å²) in [6, 6.07) is 18.1. The van der Waals surface area contributed by atoms with Gasteiger partial charge in [0.1, 0.15) is 0 Å². The zero-order chi connectivity index (χ0) is 20.4. The summed E-state index contributed by atoms with van der Waals surface area (Å²) in [5, 5.41) is 4.77. The number of anilines is 1. The van der Waals surface area contributed by atoms with E-state index < -0.39 is 0 Å². The molecule has 0 bridgehead atoms. The first-order chi connectivity index (χ1) is 14.1. The SMILES string of the molecule is CSc1ccccc1C(=O)N1CCN(c2c(C)nn(-c3ccccc3)c2C)CC1. The van der Waals surface area contributed by atoms with Gasteiger partial charge in [-0.3, -0.25) is 4.79 Å². The van der Waals surface area contributed by atoms with Crippen LogP contribution in [0.15, 0.2) is 59.5 Å². The summed E-state index contributed by atoms with van der Waals surface area (Å²) < 4.78 is 2.01. The van der Waals surface area contributed by atoms with Gasteiger partial charge in [0.05, 0.1) is 28.3 Å². The number of aromatic nitrogens is 2. The van der Waals surface area contributed by atoms with E-state index in [1.807, 2.05) is 58.3 Å². The van der Waals surface area contributed by atoms with E-state index in [0.29, 0.717) is 0 Å². The fourth-order valence-electron chi connectivity index (χ4n) is 4.04. The van der Waals surface area contributed by atoms with Crippen molar-refractivity contribution in [3.8, 4) is 5.69 Å². The minimum Gasteiger partial charge on any atom is -0.365 e. The highest BCUT2D eigenvalue weighted by molar-refractivity contribution is 7.98. The molecule has 1 aromatic heterocycles. The minimum absolute atomic E-state index is 0.128. The summed E-state index contributed by atoms with van der Waals surface area (Å²) >= 11 is 1.62. The normalized spacial score (nSPS) is 14.3. The summed E-state index contributed by atoms with van der Waals surface area (Å²) in [6.07, 6.45) is 2.01. The highest BCUT2D eigenvalue weighted by Gasteiger charge is 2.26. The summed E-state index contributed by atoms with van der Waals surface area (Å²) in [5.41, 5.74) is 5.23. The van der Waals surface area contributed by atoms with Crippen LogP contribution in [0.2, 0.25) is 0 Å². The molecule has 0 unspecified atom stereocenters. The first-order valence-electron chi connectivity index (χ1n) is 9.89. The molecule has 1 fully saturated rings. The molecule has 6 heteroatoms. The summed E-state index contributed by atoms with van der Waals surface area (Å²) in [5.74, 6) is 0.128. The van der Waals surface area contributed by atoms with Gasteiger partial charge in [0.2, 0.25) is 0 Å². The lowest BCUT2D eigenvalue weighted by Gasteiger charge is -2.36. The van der Waals surface area contributed by atoms with Gasteiger partial charge in [-0.25, -0.2) is 4.68 Å². The second kappa shape index (κ2) is 8.33. The lowest BCUT2D eigenvalue weighted by Crippen LogP contribution is -2.49. The van der Waals surface area contributed by atoms with E-state index in [1.165, 1.54) is 5.69 Å². The van der Waals surface area contributed by atoms with Gasteiger partial charge in [0.15, 0.2) is 0 Å². The van der Waals surface area contributed by atoms with Gasteiger partial charge < -0.3 is 9.80 Å². The van der Waals surface area contributed by atoms with Crippen LogP contribution in [0.1, 0.15) is 21.7 Å². The molecule has 150 valence electrons. The van der Waals surface area contributed by atoms with Crippen molar-refractivity contribution >= 4 is 23.4 Å². The number of para-hydroxylation sites is 1. The molecule has 0 atom stereocenters. The average molecular weight is 407 g/mol. The Hall–Kier alpha value is -2.73. The molecule has 1 saturated heterocycles. The Labute approximate surface area is 176 Å². The molecule has 0 radical (unpaired) electrons. The molecule has 0 saturated carbocycles. The standard InChI is InChI=1S/C23H26N4OS/c1-17-22(18(2)27(24-17)19-9-5-4-6-10-19)25-13-15-26(16-14-25)23(28)20-11-7-8-12-21(20)29-3/h4-12H,13-16H2,1-3H3. The van der Waals surface area contributed by atoms with E-state index in [1.54, 1.807) is 11.8 Å². The predicted octanol–water partition coefficient (Wildman–Crippen LogP) is 4.17. The zero-order valence-electron chi connectivity index (χ0n) is 17.1. The Morgan fingerprint density at radius 1 is 0.931 bits per heavy atom. The van der Waals surface area contributed by atoms with E-state index in [4.69, 9.17) is 5.10 Å². The maximum atomic E-state index is 13.0. The quantitative estimate of drug-likeness (QED) is 0.610. The number of thioether (sulfide) groups is 1. The molecular formula is C23H26N4OS. The molecule has 0 N–H and O–H groups in total. The summed E-state index contributed by atoms with van der Waals surface area (Å²) in [7, 11) is 0. The number of piperazine rings is 1. The Balaban J connectivity index is 1.51. The number of hydrogen-bond acceptors (Lipinski definition) is 4. The Bertz CT molecular complexity index is 1010. The third-order valence-electron chi connectivity index (χ3n) is 5.47. The molecular weight excluding hydrogens is 380 g/mol. The molecule has 3 aromatic rings. The van der Waals surface area contributed by atoms with Crippen LogP contribution in [0.25, 0.3) is 5.69 Å². The molecule has 29 heavy (non-hydrogen) atoms. The smallest absolute Gasteiger partial charge is 0.255 e. The van der Waals surface area contributed by atoms with E-state index in [2.05, 4.69) is 30.9 Å². The molecule has 2 heterocycles. The van der Waals surface area contributed by atoms with Gasteiger partial charge in [0, 0.05) is 31.1 Å². The van der Waals surface area contributed by atoms with Crippen LogP contribution in [0.5, 0.6) is 0 Å². The topological polar surface area (TPSA) is 41.4 Å². The molecule has 2 aromatic carbocycles. The summed E-state index contributed by atoms with van der Waals surface area (Å²) in [4.78, 5) is 18.4. The molecule has 5 nitrogen and oxygen atoms in total. The van der Waals surface area contributed by atoms with E-state index >= 15 is 0 Å². The number of carbonyl (C=O) groups excluding carboxylic acids is 1. The second-order valence-corrected chi connectivity index (χ2v) is 8.09. The minimum atomic E-state index is 0.128. The fourth-order valence-corrected chi connectivity index (χ4v) is 4.63. The van der Waals surface area contributed by atoms with Crippen molar-refractivity contribution < 1.29 is 4.79 Å². The summed E-state index contributed by atoms with van der Waals surface area (Å²) in [6.45, 7) is 7.25. The maximum Gasteiger partial charge on any atom is 0.255 e. The zero-order valence-corrected chi connectivity index (χ0v) is 17.9. The van der Waals surface area contributed by atoms with Crippen LogP contribution in [0, 0.1) is 13.8 Å². The lowest BCUT2D eigenvalue weighted by molar-refractivity contribution is 0.0743. The highest BCUT2D eigenvalue weighted by atomic mass is 32.2. The predicted molar refractivity (Wildman–Crippen MR) is 119 cm³/mol. The van der Waals surface area contributed by atoms with Crippen molar-refractivity contribution in [2.45, 2.75) is 18.7 Å². The van der Waals surface area contributed by atoms with Crippen LogP contribution in [-0.4, -0.2) is 53.0 Å². The van der Waals surface area contributed by atoms with Gasteiger partial charge in [-0.15, -0.1) is 11.8 Å². The van der Waals surface area contributed by atoms with Crippen LogP contribution in [0.3, 0.4) is 0 Å². The van der Waals surface area contributed by atoms with Gasteiger partial charge >= 0.3 is 0 Å². The molecule has 0 aliphatic carbocycles. The Kier molecular flexibility index (Phi) is 5.62. The molecule has 0 spiro atoms. The number of hydrogen-bond donors (Lipinski definition) is 0. The fraction of sp³-hybridized carbons (Fsp3) is 0.304. The van der Waals surface area contributed by atoms with Crippen molar-refractivity contribution in [2.75, 3.05) is 37.3 Å². The number of benzene rings is 2. The molecule has 4 rings (SSSR count). The molecule has 1 aliphatic heterocycles.